The van der Waals surface area contributed by atoms with Gasteiger partial charge in [0.15, 0.2) is 0 Å². The third kappa shape index (κ3) is 4.79. The third-order valence-corrected chi connectivity index (χ3v) is 7.54. The largest absolute Gasteiger partial charge is 0.307 e. The standard InChI is InChI=1S/C23H22N6OS2/c1-29-6-3-18(4-7-29)32-22-10-15(2-5-25-22)23(30)28-21-9-16-8-19(20-13-24-14-31-20)26-11-17(16)12-27-21/h2,5,8-14,18H,3-4,6-7H2,1H3,(H,27,28,30). The maximum Gasteiger partial charge on any atom is 0.256 e. The van der Waals surface area contributed by atoms with E-state index < -0.39 is 0 Å². The number of aromatic nitrogens is 4. The molecule has 9 heteroatoms. The zero-order valence-corrected chi connectivity index (χ0v) is 19.2. The Hall–Kier alpha value is -2.88. The minimum atomic E-state index is -0.193. The van der Waals surface area contributed by atoms with Crippen LogP contribution in [0.15, 0.2) is 59.6 Å². The van der Waals surface area contributed by atoms with Crippen LogP contribution in [0.2, 0.25) is 0 Å². The Kier molecular flexibility index (Phi) is 6.11. The predicted octanol–water partition coefficient (Wildman–Crippen LogP) is 4.59. The molecule has 0 bridgehead atoms. The molecule has 4 aromatic rings. The molecule has 1 aliphatic heterocycles. The molecule has 0 unspecified atom stereocenters. The number of thiazole rings is 1. The minimum absolute atomic E-state index is 0.193. The van der Waals surface area contributed by atoms with E-state index in [-0.39, 0.29) is 5.91 Å². The second-order valence-corrected chi connectivity index (χ2v) is 10.0. The highest BCUT2D eigenvalue weighted by atomic mass is 32.2. The van der Waals surface area contributed by atoms with E-state index in [2.05, 4.69) is 37.2 Å². The molecule has 5 rings (SSSR count). The van der Waals surface area contributed by atoms with Crippen LogP contribution in [0.4, 0.5) is 5.82 Å². The van der Waals surface area contributed by atoms with E-state index in [4.69, 9.17) is 0 Å². The first kappa shape index (κ1) is 21.0. The Morgan fingerprint density at radius 2 is 1.94 bits per heavy atom. The average Bonchev–Trinajstić information content (AvgIpc) is 3.35. The molecular formula is C23H22N6OS2. The van der Waals surface area contributed by atoms with Gasteiger partial charge in [0.1, 0.15) is 5.82 Å². The van der Waals surface area contributed by atoms with Crippen molar-refractivity contribution < 1.29 is 4.79 Å². The lowest BCUT2D eigenvalue weighted by atomic mass is 10.1. The van der Waals surface area contributed by atoms with Crippen molar-refractivity contribution in [1.82, 2.24) is 24.8 Å². The molecule has 0 spiro atoms. The molecule has 5 heterocycles. The number of rotatable bonds is 5. The molecule has 1 amide bonds. The molecule has 32 heavy (non-hydrogen) atoms. The summed E-state index contributed by atoms with van der Waals surface area (Å²) in [6.07, 6.45) is 9.29. The fourth-order valence-electron chi connectivity index (χ4n) is 3.66. The number of thioether (sulfide) groups is 1. The SMILES string of the molecule is CN1CCC(Sc2cc(C(=O)Nc3cc4cc(-c5cncs5)ncc4cn3)ccn2)CC1. The van der Waals surface area contributed by atoms with Gasteiger partial charge in [-0.2, -0.15) is 0 Å². The molecular weight excluding hydrogens is 440 g/mol. The highest BCUT2D eigenvalue weighted by Crippen LogP contribution is 2.29. The average molecular weight is 463 g/mol. The van der Waals surface area contributed by atoms with Crippen molar-refractivity contribution in [1.29, 1.82) is 0 Å². The van der Waals surface area contributed by atoms with Crippen LogP contribution < -0.4 is 5.32 Å². The molecule has 162 valence electrons. The predicted molar refractivity (Wildman–Crippen MR) is 129 cm³/mol. The van der Waals surface area contributed by atoms with E-state index in [1.54, 1.807) is 59.5 Å². The summed E-state index contributed by atoms with van der Waals surface area (Å²) >= 11 is 3.30. The number of likely N-dealkylation sites (tertiary alicyclic amines) is 1. The van der Waals surface area contributed by atoms with Gasteiger partial charge in [0, 0.05) is 41.0 Å². The minimum Gasteiger partial charge on any atom is -0.307 e. The summed E-state index contributed by atoms with van der Waals surface area (Å²) < 4.78 is 0. The van der Waals surface area contributed by atoms with Crippen molar-refractivity contribution in [3.8, 4) is 10.6 Å². The van der Waals surface area contributed by atoms with Crippen molar-refractivity contribution in [2.24, 2.45) is 0 Å². The summed E-state index contributed by atoms with van der Waals surface area (Å²) in [6.45, 7) is 2.21. The zero-order valence-electron chi connectivity index (χ0n) is 17.6. The number of carbonyl (C=O) groups is 1. The number of carbonyl (C=O) groups excluding carboxylic acids is 1. The summed E-state index contributed by atoms with van der Waals surface area (Å²) in [4.78, 5) is 33.7. The van der Waals surface area contributed by atoms with Crippen LogP contribution in [0.5, 0.6) is 0 Å². The molecule has 0 saturated carbocycles. The summed E-state index contributed by atoms with van der Waals surface area (Å²) in [5.74, 6) is 0.312. The molecule has 7 nitrogen and oxygen atoms in total. The smallest absolute Gasteiger partial charge is 0.256 e. The van der Waals surface area contributed by atoms with E-state index >= 15 is 0 Å². The number of hydrogen-bond donors (Lipinski definition) is 1. The van der Waals surface area contributed by atoms with E-state index in [0.29, 0.717) is 16.6 Å². The van der Waals surface area contributed by atoms with Crippen molar-refractivity contribution in [3.05, 3.63) is 60.1 Å². The Balaban J connectivity index is 1.31. The number of pyridine rings is 3. The molecule has 1 N–H and O–H groups in total. The van der Waals surface area contributed by atoms with Gasteiger partial charge in [-0.05, 0) is 62.6 Å². The van der Waals surface area contributed by atoms with Gasteiger partial charge in [0.2, 0.25) is 0 Å². The van der Waals surface area contributed by atoms with E-state index in [0.717, 1.165) is 52.3 Å². The van der Waals surface area contributed by atoms with E-state index in [1.807, 2.05) is 18.2 Å². The Bertz CT molecular complexity index is 1240. The lowest BCUT2D eigenvalue weighted by Gasteiger charge is -2.28. The Morgan fingerprint density at radius 1 is 1.09 bits per heavy atom. The summed E-state index contributed by atoms with van der Waals surface area (Å²) in [7, 11) is 2.15. The normalized spacial score (nSPS) is 15.2. The fourth-order valence-corrected chi connectivity index (χ4v) is 5.35. The van der Waals surface area contributed by atoms with E-state index in [9.17, 15) is 4.79 Å². The number of nitrogens with one attached hydrogen (secondary N) is 1. The topological polar surface area (TPSA) is 83.9 Å². The monoisotopic (exact) mass is 462 g/mol. The van der Waals surface area contributed by atoms with Crippen LogP contribution in [0.1, 0.15) is 23.2 Å². The van der Waals surface area contributed by atoms with Gasteiger partial charge in [0.05, 0.1) is 21.1 Å². The number of anilines is 1. The van der Waals surface area contributed by atoms with Gasteiger partial charge in [-0.1, -0.05) is 0 Å². The second-order valence-electron chi connectivity index (χ2n) is 7.81. The van der Waals surface area contributed by atoms with Gasteiger partial charge in [-0.15, -0.1) is 23.1 Å². The molecule has 1 fully saturated rings. The quantitative estimate of drug-likeness (QED) is 0.464. The second kappa shape index (κ2) is 9.32. The van der Waals surface area contributed by atoms with Crippen molar-refractivity contribution in [2.45, 2.75) is 23.1 Å². The first-order valence-corrected chi connectivity index (χ1v) is 12.2. The van der Waals surface area contributed by atoms with E-state index in [1.165, 1.54) is 0 Å². The summed E-state index contributed by atoms with van der Waals surface area (Å²) in [5.41, 5.74) is 3.22. The third-order valence-electron chi connectivity index (χ3n) is 5.48. The molecule has 0 aromatic carbocycles. The Labute approximate surface area is 194 Å². The van der Waals surface area contributed by atoms with Crippen molar-refractivity contribution in [3.63, 3.8) is 0 Å². The van der Waals surface area contributed by atoms with Crippen LogP contribution >= 0.6 is 23.1 Å². The maximum absolute atomic E-state index is 12.9. The fraction of sp³-hybridized carbons (Fsp3) is 0.261. The van der Waals surface area contributed by atoms with Crippen LogP contribution in [0.3, 0.4) is 0 Å². The molecule has 1 saturated heterocycles. The lowest BCUT2D eigenvalue weighted by molar-refractivity contribution is 0.102. The Morgan fingerprint density at radius 3 is 2.75 bits per heavy atom. The van der Waals surface area contributed by atoms with Gasteiger partial charge >= 0.3 is 0 Å². The lowest BCUT2D eigenvalue weighted by Crippen LogP contribution is -2.31. The first-order chi connectivity index (χ1) is 15.6. The molecule has 0 atom stereocenters. The van der Waals surface area contributed by atoms with Gasteiger partial charge < -0.3 is 10.2 Å². The highest BCUT2D eigenvalue weighted by molar-refractivity contribution is 7.99. The van der Waals surface area contributed by atoms with Crippen molar-refractivity contribution >= 4 is 45.6 Å². The van der Waals surface area contributed by atoms with Gasteiger partial charge in [0.25, 0.3) is 5.91 Å². The molecule has 0 aliphatic carbocycles. The van der Waals surface area contributed by atoms with Crippen molar-refractivity contribution in [2.75, 3.05) is 25.5 Å². The van der Waals surface area contributed by atoms with Crippen LogP contribution in [-0.4, -0.2) is 56.1 Å². The number of piperidine rings is 1. The van der Waals surface area contributed by atoms with Gasteiger partial charge in [-0.3, -0.25) is 14.8 Å². The zero-order chi connectivity index (χ0) is 21.9. The highest BCUT2D eigenvalue weighted by Gasteiger charge is 2.19. The maximum atomic E-state index is 12.9. The molecule has 4 aromatic heterocycles. The van der Waals surface area contributed by atoms with Crippen LogP contribution in [0, 0.1) is 0 Å². The van der Waals surface area contributed by atoms with Gasteiger partial charge in [-0.25, -0.2) is 9.97 Å². The first-order valence-electron chi connectivity index (χ1n) is 10.4. The molecule has 0 radical (unpaired) electrons. The van der Waals surface area contributed by atoms with Crippen LogP contribution in [0.25, 0.3) is 21.3 Å². The summed E-state index contributed by atoms with van der Waals surface area (Å²) in [6, 6.07) is 7.46. The summed E-state index contributed by atoms with van der Waals surface area (Å²) in [5, 5.41) is 6.22. The number of amides is 1. The molecule has 1 aliphatic rings. The van der Waals surface area contributed by atoms with Crippen LogP contribution in [-0.2, 0) is 0 Å². The number of hydrogen-bond acceptors (Lipinski definition) is 8. The number of nitrogens with zero attached hydrogens (tertiary/aromatic N) is 5. The number of fused-ring (bicyclic) bond motifs is 1.